The van der Waals surface area contributed by atoms with E-state index in [-0.39, 0.29) is 12.8 Å². The van der Waals surface area contributed by atoms with Gasteiger partial charge in [-0.15, -0.1) is 0 Å². The highest BCUT2D eigenvalue weighted by atomic mass is 31.2. The number of aliphatic hydroxyl groups is 5. The van der Waals surface area contributed by atoms with Crippen molar-refractivity contribution >= 4 is 19.8 Å². The number of hydrogen-bond acceptors (Lipinski definition) is 12. The molecule has 1 aliphatic carbocycles. The molecule has 0 amide bonds. The number of rotatable bonds is 32. The van der Waals surface area contributed by atoms with Gasteiger partial charge in [-0.3, -0.25) is 18.6 Å². The summed E-state index contributed by atoms with van der Waals surface area (Å²) in [6.07, 6.45) is 14.3. The van der Waals surface area contributed by atoms with Crippen molar-refractivity contribution in [3.63, 3.8) is 0 Å². The summed E-state index contributed by atoms with van der Waals surface area (Å²) in [4.78, 5) is 35.4. The lowest BCUT2D eigenvalue weighted by Gasteiger charge is -2.41. The fourth-order valence-electron chi connectivity index (χ4n) is 6.05. The summed E-state index contributed by atoms with van der Waals surface area (Å²) < 4.78 is 33.3. The molecule has 0 bridgehead atoms. The zero-order chi connectivity index (χ0) is 38.6. The molecule has 6 unspecified atom stereocenters. The van der Waals surface area contributed by atoms with Crippen molar-refractivity contribution in [1.29, 1.82) is 0 Å². The summed E-state index contributed by atoms with van der Waals surface area (Å²) in [6.45, 7) is 3.23. The lowest BCUT2D eigenvalue weighted by Crippen LogP contribution is -2.64. The first-order chi connectivity index (χ1) is 24.9. The normalized spacial score (nSPS) is 23.8. The van der Waals surface area contributed by atoms with Crippen LogP contribution in [0.4, 0.5) is 0 Å². The van der Waals surface area contributed by atoms with Gasteiger partial charge in [-0.25, -0.2) is 4.57 Å². The molecule has 0 aromatic heterocycles. The van der Waals surface area contributed by atoms with Gasteiger partial charge in [0.2, 0.25) is 0 Å². The number of carbonyl (C=O) groups excluding carboxylic acids is 2. The molecule has 0 aromatic rings. The van der Waals surface area contributed by atoms with Crippen LogP contribution in [-0.2, 0) is 32.7 Å². The van der Waals surface area contributed by atoms with E-state index in [1.807, 2.05) is 0 Å². The molecule has 13 nitrogen and oxygen atoms in total. The largest absolute Gasteiger partial charge is 0.472 e. The first-order valence-corrected chi connectivity index (χ1v) is 21.5. The summed E-state index contributed by atoms with van der Waals surface area (Å²) in [5.41, 5.74) is 0. The van der Waals surface area contributed by atoms with E-state index in [9.17, 15) is 44.6 Å². The van der Waals surface area contributed by atoms with Crippen molar-refractivity contribution in [1.82, 2.24) is 0 Å². The summed E-state index contributed by atoms with van der Waals surface area (Å²) in [5.74, 6) is -1.11. The Balaban J connectivity index is 2.54. The Bertz CT molecular complexity index is 980. The van der Waals surface area contributed by atoms with Crippen LogP contribution in [0, 0.1) is 0 Å². The fourth-order valence-corrected chi connectivity index (χ4v) is 7.02. The van der Waals surface area contributed by atoms with Crippen LogP contribution in [0.25, 0.3) is 0 Å². The Kier molecular flexibility index (Phi) is 27.9. The van der Waals surface area contributed by atoms with Crippen molar-refractivity contribution in [3.8, 4) is 0 Å². The molecular weight excluding hydrogens is 695 g/mol. The Labute approximate surface area is 312 Å². The number of ether oxygens (including phenoxy) is 2. The number of allylic oxidation sites excluding steroid dienone is 2. The van der Waals surface area contributed by atoms with Gasteiger partial charge in [0.15, 0.2) is 6.10 Å². The van der Waals surface area contributed by atoms with Gasteiger partial charge in [0.1, 0.15) is 43.2 Å². The van der Waals surface area contributed by atoms with E-state index >= 15 is 0 Å². The molecule has 6 N–H and O–H groups in total. The second-order valence-electron chi connectivity index (χ2n) is 14.1. The second-order valence-corrected chi connectivity index (χ2v) is 15.5. The van der Waals surface area contributed by atoms with Crippen LogP contribution >= 0.6 is 7.82 Å². The maximum absolute atomic E-state index is 12.7. The van der Waals surface area contributed by atoms with Gasteiger partial charge < -0.3 is 39.9 Å². The van der Waals surface area contributed by atoms with Crippen molar-refractivity contribution < 1.29 is 63.1 Å². The van der Waals surface area contributed by atoms with Crippen molar-refractivity contribution in [3.05, 3.63) is 12.2 Å². The van der Waals surface area contributed by atoms with Gasteiger partial charge in [0, 0.05) is 12.8 Å². The minimum atomic E-state index is -5.10. The highest BCUT2D eigenvalue weighted by molar-refractivity contribution is 7.47. The third-order valence-electron chi connectivity index (χ3n) is 9.36. The Hall–Kier alpha value is -1.41. The van der Waals surface area contributed by atoms with Crippen LogP contribution in [0.3, 0.4) is 0 Å². The van der Waals surface area contributed by atoms with Crippen molar-refractivity contribution in [2.45, 2.75) is 204 Å². The lowest BCUT2D eigenvalue weighted by molar-refractivity contribution is -0.220. The van der Waals surface area contributed by atoms with Crippen LogP contribution in [0.2, 0.25) is 0 Å². The number of esters is 2. The van der Waals surface area contributed by atoms with Crippen LogP contribution < -0.4 is 0 Å². The quantitative estimate of drug-likeness (QED) is 0.0192. The minimum Gasteiger partial charge on any atom is -0.462 e. The third kappa shape index (κ3) is 22.7. The number of aliphatic hydroxyl groups excluding tert-OH is 5. The van der Waals surface area contributed by atoms with E-state index in [1.165, 1.54) is 64.2 Å². The molecule has 0 spiro atoms. The number of carbonyl (C=O) groups is 2. The molecule has 0 aliphatic heterocycles. The van der Waals surface area contributed by atoms with Gasteiger partial charge in [0.25, 0.3) is 0 Å². The molecule has 52 heavy (non-hydrogen) atoms. The maximum Gasteiger partial charge on any atom is 0.472 e. The minimum absolute atomic E-state index is 0.0896. The molecule has 1 rings (SSSR count). The summed E-state index contributed by atoms with van der Waals surface area (Å²) in [7, 11) is -5.10. The highest BCUT2D eigenvalue weighted by Gasteiger charge is 2.51. The predicted molar refractivity (Wildman–Crippen MR) is 198 cm³/mol. The monoisotopic (exact) mass is 766 g/mol. The summed E-state index contributed by atoms with van der Waals surface area (Å²) >= 11 is 0. The lowest BCUT2D eigenvalue weighted by atomic mass is 9.85. The molecule has 0 saturated heterocycles. The average molecular weight is 767 g/mol. The van der Waals surface area contributed by atoms with E-state index in [0.717, 1.165) is 57.8 Å². The third-order valence-corrected chi connectivity index (χ3v) is 10.3. The number of phosphoric acid groups is 1. The maximum atomic E-state index is 12.7. The zero-order valence-corrected chi connectivity index (χ0v) is 32.8. The molecule has 306 valence electrons. The van der Waals surface area contributed by atoms with Crippen LogP contribution in [0.15, 0.2) is 12.2 Å². The zero-order valence-electron chi connectivity index (χ0n) is 31.9. The summed E-state index contributed by atoms with van der Waals surface area (Å²) in [6, 6.07) is 0. The Morgan fingerprint density at radius 2 is 0.981 bits per heavy atom. The number of hydrogen-bond donors (Lipinski definition) is 6. The molecule has 14 heteroatoms. The van der Waals surface area contributed by atoms with E-state index in [2.05, 4.69) is 26.0 Å². The summed E-state index contributed by atoms with van der Waals surface area (Å²) in [5, 5.41) is 49.9. The van der Waals surface area contributed by atoms with Crippen LogP contribution in [0.5, 0.6) is 0 Å². The predicted octanol–water partition coefficient (Wildman–Crippen LogP) is 6.33. The van der Waals surface area contributed by atoms with Gasteiger partial charge in [-0.1, -0.05) is 122 Å². The van der Waals surface area contributed by atoms with E-state index < -0.39 is 75.7 Å². The van der Waals surface area contributed by atoms with Crippen LogP contribution in [0.1, 0.15) is 162 Å². The van der Waals surface area contributed by atoms with Crippen LogP contribution in [-0.4, -0.2) is 98.3 Å². The van der Waals surface area contributed by atoms with Crippen molar-refractivity contribution in [2.24, 2.45) is 0 Å². The van der Waals surface area contributed by atoms with Gasteiger partial charge >= 0.3 is 19.8 Å². The molecule has 1 aliphatic rings. The Morgan fingerprint density at radius 3 is 1.50 bits per heavy atom. The molecule has 1 saturated carbocycles. The number of unbranched alkanes of at least 4 members (excludes halogenated alkanes) is 18. The SMILES string of the molecule is CCCCC/C=C/CCCCCCCC(=O)O[C@H](COC(=O)CCCCCCCCCCCCC)COP(=O)(O)OC1C(O)C(O)C(O)[C@@H](O)C1O. The smallest absolute Gasteiger partial charge is 0.462 e. The second kappa shape index (κ2) is 29.9. The number of phosphoric ester groups is 1. The standard InChI is InChI=1S/C38H71O13P/c1-3-5-7-9-11-13-15-17-19-21-23-25-27-32(40)50-30(28-48-31(39)26-24-22-20-18-16-14-12-10-8-6-4-2)29-49-52(46,47)51-38-36(44)34(42)33(41)35(43)37(38)45/h11,13,30,33-38,41-45H,3-10,12,14-29H2,1-2H3,(H,46,47)/b13-11+/t30-,33?,34-,35?,36?,37?,38?/m1/s1. The van der Waals surface area contributed by atoms with Gasteiger partial charge in [-0.05, 0) is 38.5 Å². The van der Waals surface area contributed by atoms with Gasteiger partial charge in [0.05, 0.1) is 6.61 Å². The molecular formula is C38H71O13P. The van der Waals surface area contributed by atoms with Crippen molar-refractivity contribution in [2.75, 3.05) is 13.2 Å². The topological polar surface area (TPSA) is 210 Å². The molecule has 8 atom stereocenters. The molecule has 0 heterocycles. The highest BCUT2D eigenvalue weighted by Crippen LogP contribution is 2.47. The first-order valence-electron chi connectivity index (χ1n) is 20.0. The Morgan fingerprint density at radius 1 is 0.577 bits per heavy atom. The van der Waals surface area contributed by atoms with E-state index in [4.69, 9.17) is 18.5 Å². The van der Waals surface area contributed by atoms with Gasteiger partial charge in [-0.2, -0.15) is 0 Å². The molecule has 1 fully saturated rings. The average Bonchev–Trinajstić information content (AvgIpc) is 3.12. The van der Waals surface area contributed by atoms with E-state index in [1.54, 1.807) is 0 Å². The fraction of sp³-hybridized carbons (Fsp3) is 0.895. The molecule has 0 radical (unpaired) electrons. The van der Waals surface area contributed by atoms with E-state index in [0.29, 0.717) is 12.8 Å². The first kappa shape index (κ1) is 48.6. The molecule has 0 aromatic carbocycles.